The summed E-state index contributed by atoms with van der Waals surface area (Å²) >= 11 is 0. The Kier molecular flexibility index (Phi) is 9.31. The lowest BCUT2D eigenvalue weighted by molar-refractivity contribution is -0.362. The summed E-state index contributed by atoms with van der Waals surface area (Å²) in [6.45, 7) is 5.99. The van der Waals surface area contributed by atoms with Crippen molar-refractivity contribution in [3.05, 3.63) is 35.4 Å². The molecule has 1 heterocycles. The zero-order valence-corrected chi connectivity index (χ0v) is 20.9. The summed E-state index contributed by atoms with van der Waals surface area (Å²) in [6, 6.07) is 0.686. The number of hydrogen-bond donors (Lipinski definition) is 5. The number of alkyl halides is 3. The van der Waals surface area contributed by atoms with Crippen molar-refractivity contribution in [3.8, 4) is 0 Å². The molecule has 0 aromatic heterocycles. The van der Waals surface area contributed by atoms with Crippen LogP contribution in [-0.4, -0.2) is 80.5 Å². The summed E-state index contributed by atoms with van der Waals surface area (Å²) in [7, 11) is 0. The van der Waals surface area contributed by atoms with E-state index in [1.54, 1.807) is 13.8 Å². The Bertz CT molecular complexity index is 1010. The standard InChI is InChI=1S/C24H32F3N3O7/c1-12(2)17(28-19(31)14-7-9-15(10-8-14)22(34)35)21(33)30-11-5-6-16(30)20(32)29-18(13(3)4)23(36,37)24(25,26)27/h7-10,12-13,16-18,36-37H,5-6,11H2,1-4H3,(H,28,31)(H,29,32)(H,34,35)/t16-,17-,18-/m0/s1. The molecule has 0 radical (unpaired) electrons. The number of carboxylic acid groups (broad SMARTS) is 1. The minimum absolute atomic E-state index is 0.0287. The molecule has 5 N–H and O–H groups in total. The van der Waals surface area contributed by atoms with Gasteiger partial charge in [0.15, 0.2) is 0 Å². The molecule has 10 nitrogen and oxygen atoms in total. The van der Waals surface area contributed by atoms with Crippen LogP contribution in [0, 0.1) is 11.8 Å². The number of likely N-dealkylation sites (tertiary alicyclic amines) is 1. The van der Waals surface area contributed by atoms with Gasteiger partial charge in [0.2, 0.25) is 11.8 Å². The number of hydrogen-bond acceptors (Lipinski definition) is 6. The van der Waals surface area contributed by atoms with E-state index in [1.807, 2.05) is 0 Å². The lowest BCUT2D eigenvalue weighted by Gasteiger charge is -2.37. The topological polar surface area (TPSA) is 156 Å². The van der Waals surface area contributed by atoms with Gasteiger partial charge in [-0.1, -0.05) is 27.7 Å². The molecule has 0 bridgehead atoms. The third kappa shape index (κ3) is 6.77. The number of carbonyl (C=O) groups excluding carboxylic acids is 3. The Hall–Kier alpha value is -3.19. The number of rotatable bonds is 9. The maximum atomic E-state index is 13.4. The molecule has 3 amide bonds. The van der Waals surface area contributed by atoms with E-state index >= 15 is 0 Å². The number of carbonyl (C=O) groups is 4. The van der Waals surface area contributed by atoms with Crippen LogP contribution in [0.15, 0.2) is 24.3 Å². The Morgan fingerprint density at radius 3 is 1.95 bits per heavy atom. The van der Waals surface area contributed by atoms with E-state index in [0.717, 1.165) is 4.90 Å². The van der Waals surface area contributed by atoms with Crippen LogP contribution in [0.4, 0.5) is 13.2 Å². The van der Waals surface area contributed by atoms with Crippen LogP contribution >= 0.6 is 0 Å². The normalized spacial score (nSPS) is 18.0. The number of amides is 3. The number of aliphatic hydroxyl groups is 2. The molecule has 1 saturated heterocycles. The van der Waals surface area contributed by atoms with Gasteiger partial charge in [0.05, 0.1) is 11.6 Å². The maximum Gasteiger partial charge on any atom is 0.445 e. The van der Waals surface area contributed by atoms with E-state index in [-0.39, 0.29) is 24.1 Å². The molecule has 0 aliphatic carbocycles. The lowest BCUT2D eigenvalue weighted by atomic mass is 9.94. The highest BCUT2D eigenvalue weighted by Gasteiger charge is 2.59. The van der Waals surface area contributed by atoms with Crippen LogP contribution in [0.2, 0.25) is 0 Å². The summed E-state index contributed by atoms with van der Waals surface area (Å²) < 4.78 is 39.6. The first-order valence-electron chi connectivity index (χ1n) is 11.8. The van der Waals surface area contributed by atoms with Crippen LogP contribution in [0.1, 0.15) is 61.3 Å². The molecule has 1 aliphatic heterocycles. The van der Waals surface area contributed by atoms with Gasteiger partial charge in [-0.05, 0) is 48.9 Å². The van der Waals surface area contributed by atoms with Crippen molar-refractivity contribution in [3.63, 3.8) is 0 Å². The summed E-state index contributed by atoms with van der Waals surface area (Å²) in [6.07, 6.45) is -4.93. The van der Waals surface area contributed by atoms with Crippen molar-refractivity contribution in [2.75, 3.05) is 6.54 Å². The predicted octanol–water partition coefficient (Wildman–Crippen LogP) is 1.51. The van der Waals surface area contributed by atoms with E-state index in [9.17, 15) is 42.6 Å². The number of carboxylic acids is 1. The van der Waals surface area contributed by atoms with Gasteiger partial charge < -0.3 is 30.9 Å². The molecule has 0 saturated carbocycles. The van der Waals surface area contributed by atoms with Gasteiger partial charge in [-0.25, -0.2) is 4.79 Å². The third-order valence-electron chi connectivity index (χ3n) is 6.27. The highest BCUT2D eigenvalue weighted by Crippen LogP contribution is 2.34. The van der Waals surface area contributed by atoms with Gasteiger partial charge in [-0.15, -0.1) is 0 Å². The zero-order chi connectivity index (χ0) is 28.3. The second-order valence-corrected chi connectivity index (χ2v) is 9.72. The third-order valence-corrected chi connectivity index (χ3v) is 6.27. The molecule has 206 valence electrons. The van der Waals surface area contributed by atoms with Crippen LogP contribution in [0.25, 0.3) is 0 Å². The first-order chi connectivity index (χ1) is 17.0. The summed E-state index contributed by atoms with van der Waals surface area (Å²) in [5, 5.41) is 33.1. The van der Waals surface area contributed by atoms with E-state index in [0.29, 0.717) is 6.42 Å². The lowest BCUT2D eigenvalue weighted by Crippen LogP contribution is -2.65. The fourth-order valence-electron chi connectivity index (χ4n) is 4.14. The molecule has 1 aliphatic rings. The van der Waals surface area contributed by atoms with Gasteiger partial charge in [0.25, 0.3) is 11.7 Å². The predicted molar refractivity (Wildman–Crippen MR) is 124 cm³/mol. The average Bonchev–Trinajstić information content (AvgIpc) is 3.29. The monoisotopic (exact) mass is 531 g/mol. The minimum atomic E-state index is -5.43. The molecular weight excluding hydrogens is 499 g/mol. The molecule has 13 heteroatoms. The summed E-state index contributed by atoms with van der Waals surface area (Å²) in [5.74, 6) is -9.06. The number of nitrogens with zero attached hydrogens (tertiary/aromatic N) is 1. The number of nitrogens with one attached hydrogen (secondary N) is 2. The smallest absolute Gasteiger partial charge is 0.445 e. The molecule has 37 heavy (non-hydrogen) atoms. The van der Waals surface area contributed by atoms with Crippen LogP contribution in [0.5, 0.6) is 0 Å². The molecule has 1 aromatic rings. The van der Waals surface area contributed by atoms with Crippen molar-refractivity contribution < 1.29 is 47.7 Å². The number of aromatic carboxylic acids is 1. The fraction of sp³-hybridized carbons (Fsp3) is 0.583. The van der Waals surface area contributed by atoms with Gasteiger partial charge in [-0.3, -0.25) is 14.4 Å². The molecule has 0 unspecified atom stereocenters. The van der Waals surface area contributed by atoms with Gasteiger partial charge in [0.1, 0.15) is 12.1 Å². The van der Waals surface area contributed by atoms with E-state index in [1.165, 1.54) is 38.1 Å². The second-order valence-electron chi connectivity index (χ2n) is 9.72. The van der Waals surface area contributed by atoms with Crippen LogP contribution < -0.4 is 10.6 Å². The van der Waals surface area contributed by atoms with E-state index < -0.39 is 65.6 Å². The Morgan fingerprint density at radius 1 is 0.946 bits per heavy atom. The summed E-state index contributed by atoms with van der Waals surface area (Å²) in [5.41, 5.74) is 0.0762. The van der Waals surface area contributed by atoms with Crippen molar-refractivity contribution >= 4 is 23.7 Å². The fourth-order valence-corrected chi connectivity index (χ4v) is 4.14. The highest BCUT2D eigenvalue weighted by atomic mass is 19.4. The van der Waals surface area contributed by atoms with Crippen LogP contribution in [0.3, 0.4) is 0 Å². The molecule has 2 rings (SSSR count). The molecule has 1 aromatic carbocycles. The number of halogens is 3. The first-order valence-corrected chi connectivity index (χ1v) is 11.8. The summed E-state index contributed by atoms with van der Waals surface area (Å²) in [4.78, 5) is 51.2. The van der Waals surface area contributed by atoms with Gasteiger partial charge >= 0.3 is 12.1 Å². The van der Waals surface area contributed by atoms with Crippen molar-refractivity contribution in [2.45, 2.75) is 70.6 Å². The molecule has 1 fully saturated rings. The average molecular weight is 532 g/mol. The highest BCUT2D eigenvalue weighted by molar-refractivity contribution is 5.99. The minimum Gasteiger partial charge on any atom is -0.478 e. The molecule has 3 atom stereocenters. The second kappa shape index (κ2) is 11.5. The van der Waals surface area contributed by atoms with Crippen molar-refractivity contribution in [1.82, 2.24) is 15.5 Å². The zero-order valence-electron chi connectivity index (χ0n) is 20.9. The quantitative estimate of drug-likeness (QED) is 0.303. The Balaban J connectivity index is 2.21. The number of benzene rings is 1. The van der Waals surface area contributed by atoms with Gasteiger partial charge in [-0.2, -0.15) is 13.2 Å². The largest absolute Gasteiger partial charge is 0.478 e. The van der Waals surface area contributed by atoms with E-state index in [4.69, 9.17) is 5.11 Å². The van der Waals surface area contributed by atoms with E-state index in [2.05, 4.69) is 10.6 Å². The van der Waals surface area contributed by atoms with Crippen molar-refractivity contribution in [2.24, 2.45) is 11.8 Å². The molecule has 0 spiro atoms. The maximum absolute atomic E-state index is 13.4. The molecular formula is C24H32F3N3O7. The van der Waals surface area contributed by atoms with Crippen molar-refractivity contribution in [1.29, 1.82) is 0 Å². The SMILES string of the molecule is CC(C)[C@H](NC(=O)c1ccc(C(=O)O)cc1)C(=O)N1CCC[C@H]1C(=O)N[C@@H](C(C)C)C(O)(O)C(F)(F)F. The van der Waals surface area contributed by atoms with Gasteiger partial charge in [0, 0.05) is 12.1 Å². The Morgan fingerprint density at radius 2 is 1.49 bits per heavy atom. The first kappa shape index (κ1) is 30.0. The van der Waals surface area contributed by atoms with Crippen LogP contribution in [-0.2, 0) is 9.59 Å². The Labute approximate surface area is 211 Å².